The molecule has 9 nitrogen and oxygen atoms in total. The average Bonchev–Trinajstić information content (AvgIpc) is 3.53. The maximum absolute atomic E-state index is 13.0. The molecule has 5 aromatic rings. The normalized spacial score (nSPS) is 11.0. The highest BCUT2D eigenvalue weighted by atomic mass is 16.6. The van der Waals surface area contributed by atoms with Gasteiger partial charge in [-0.25, -0.2) is 4.98 Å². The monoisotopic (exact) mass is 497 g/mol. The number of hydrogen-bond acceptors (Lipinski definition) is 7. The van der Waals surface area contributed by atoms with Gasteiger partial charge in [0, 0.05) is 11.3 Å². The SMILES string of the molecule is COc1ccc(-c2ccc(C(=O)Nc3cc(-c4nc5cc(C)c(C)cc5o4)ccc3C)o2)c([N+](=O)[O-])c1. The molecule has 3 aromatic carbocycles. The number of nitro groups is 1. The number of ether oxygens (including phenoxy) is 1. The first-order chi connectivity index (χ1) is 17.7. The van der Waals surface area contributed by atoms with Gasteiger partial charge in [0.1, 0.15) is 17.0 Å². The van der Waals surface area contributed by atoms with Gasteiger partial charge in [-0.2, -0.15) is 0 Å². The minimum Gasteiger partial charge on any atom is -0.497 e. The largest absolute Gasteiger partial charge is 0.497 e. The number of nitro benzene ring substituents is 1. The van der Waals surface area contributed by atoms with Crippen molar-refractivity contribution < 1.29 is 23.3 Å². The van der Waals surface area contributed by atoms with Crippen LogP contribution in [0.2, 0.25) is 0 Å². The number of anilines is 1. The molecule has 186 valence electrons. The van der Waals surface area contributed by atoms with Crippen molar-refractivity contribution in [2.45, 2.75) is 20.8 Å². The van der Waals surface area contributed by atoms with Crippen molar-refractivity contribution in [2.24, 2.45) is 0 Å². The lowest BCUT2D eigenvalue weighted by Crippen LogP contribution is -2.11. The van der Waals surface area contributed by atoms with Gasteiger partial charge in [0.05, 0.1) is 23.7 Å². The number of fused-ring (bicyclic) bond motifs is 1. The van der Waals surface area contributed by atoms with Crippen LogP contribution in [0.5, 0.6) is 5.75 Å². The number of rotatable bonds is 6. The van der Waals surface area contributed by atoms with Crippen LogP contribution in [0.25, 0.3) is 33.9 Å². The molecule has 0 saturated carbocycles. The molecule has 0 fully saturated rings. The predicted molar refractivity (Wildman–Crippen MR) is 139 cm³/mol. The molecule has 2 heterocycles. The van der Waals surface area contributed by atoms with E-state index >= 15 is 0 Å². The van der Waals surface area contributed by atoms with Crippen molar-refractivity contribution in [1.82, 2.24) is 4.98 Å². The summed E-state index contributed by atoms with van der Waals surface area (Å²) in [7, 11) is 1.43. The summed E-state index contributed by atoms with van der Waals surface area (Å²) in [5.41, 5.74) is 5.86. The van der Waals surface area contributed by atoms with Crippen LogP contribution < -0.4 is 10.1 Å². The number of carbonyl (C=O) groups excluding carboxylic acids is 1. The van der Waals surface area contributed by atoms with Gasteiger partial charge in [-0.3, -0.25) is 14.9 Å². The maximum Gasteiger partial charge on any atom is 0.291 e. The first kappa shape index (κ1) is 23.8. The standard InChI is InChI=1S/C28H23N3O6/c1-15-5-6-18(28-30-22-11-16(2)17(3)12-26(22)37-28)13-21(15)29-27(32)25-10-9-24(36-25)20-8-7-19(35-4)14-23(20)31(33)34/h5-14H,1-4H3,(H,29,32). The summed E-state index contributed by atoms with van der Waals surface area (Å²) in [4.78, 5) is 28.6. The van der Waals surface area contributed by atoms with Crippen LogP contribution in [0.4, 0.5) is 11.4 Å². The highest BCUT2D eigenvalue weighted by Gasteiger charge is 2.21. The van der Waals surface area contributed by atoms with Crippen molar-refractivity contribution >= 4 is 28.4 Å². The molecule has 0 atom stereocenters. The molecule has 0 saturated heterocycles. The van der Waals surface area contributed by atoms with E-state index in [-0.39, 0.29) is 22.8 Å². The van der Waals surface area contributed by atoms with Crippen LogP contribution in [0.3, 0.4) is 0 Å². The molecule has 0 aliphatic rings. The van der Waals surface area contributed by atoms with Crippen LogP contribution >= 0.6 is 0 Å². The number of furan rings is 1. The van der Waals surface area contributed by atoms with Crippen molar-refractivity contribution in [2.75, 3.05) is 12.4 Å². The van der Waals surface area contributed by atoms with Gasteiger partial charge >= 0.3 is 0 Å². The first-order valence-electron chi connectivity index (χ1n) is 11.5. The second-order valence-corrected chi connectivity index (χ2v) is 8.71. The Kier molecular flexibility index (Phi) is 5.96. The number of nitrogens with zero attached hydrogens (tertiary/aromatic N) is 2. The lowest BCUT2D eigenvalue weighted by atomic mass is 10.1. The molecule has 0 unspecified atom stereocenters. The summed E-state index contributed by atoms with van der Waals surface area (Å²) >= 11 is 0. The van der Waals surface area contributed by atoms with Gasteiger partial charge in [-0.15, -0.1) is 0 Å². The molecule has 1 amide bonds. The van der Waals surface area contributed by atoms with E-state index in [0.29, 0.717) is 28.5 Å². The van der Waals surface area contributed by atoms with Crippen LogP contribution in [-0.4, -0.2) is 22.9 Å². The molecule has 0 aliphatic heterocycles. The molecule has 2 aromatic heterocycles. The molecule has 0 bridgehead atoms. The van der Waals surface area contributed by atoms with E-state index in [4.69, 9.17) is 13.6 Å². The number of aromatic nitrogens is 1. The molecule has 0 radical (unpaired) electrons. The molecule has 5 rings (SSSR count). The highest BCUT2D eigenvalue weighted by molar-refractivity contribution is 6.03. The Bertz CT molecular complexity index is 1640. The molecular weight excluding hydrogens is 474 g/mol. The van der Waals surface area contributed by atoms with E-state index in [0.717, 1.165) is 22.2 Å². The molecule has 1 N–H and O–H groups in total. The van der Waals surface area contributed by atoms with Crippen LogP contribution in [0.1, 0.15) is 27.2 Å². The van der Waals surface area contributed by atoms with Gasteiger partial charge in [-0.05, 0) is 86.0 Å². The number of nitrogens with one attached hydrogen (secondary N) is 1. The van der Waals surface area contributed by atoms with Gasteiger partial charge < -0.3 is 18.9 Å². The van der Waals surface area contributed by atoms with Crippen molar-refractivity contribution in [3.05, 3.63) is 93.2 Å². The van der Waals surface area contributed by atoms with Gasteiger partial charge in [0.2, 0.25) is 5.89 Å². The number of benzene rings is 3. The Balaban J connectivity index is 1.42. The fourth-order valence-electron chi connectivity index (χ4n) is 3.98. The maximum atomic E-state index is 13.0. The predicted octanol–water partition coefficient (Wildman–Crippen LogP) is 6.85. The zero-order valence-corrected chi connectivity index (χ0v) is 20.6. The Hall–Kier alpha value is -4.92. The van der Waals surface area contributed by atoms with Crippen molar-refractivity contribution in [3.63, 3.8) is 0 Å². The second kappa shape index (κ2) is 9.27. The summed E-state index contributed by atoms with van der Waals surface area (Å²) in [6.07, 6.45) is 0. The van der Waals surface area contributed by atoms with E-state index in [1.807, 2.05) is 45.0 Å². The van der Waals surface area contributed by atoms with Gasteiger partial charge in [0.15, 0.2) is 11.3 Å². The third kappa shape index (κ3) is 4.54. The smallest absolute Gasteiger partial charge is 0.291 e. The van der Waals surface area contributed by atoms with Crippen molar-refractivity contribution in [1.29, 1.82) is 0 Å². The number of carbonyl (C=O) groups is 1. The van der Waals surface area contributed by atoms with Crippen LogP contribution in [0, 0.1) is 30.9 Å². The third-order valence-corrected chi connectivity index (χ3v) is 6.23. The number of hydrogen-bond donors (Lipinski definition) is 1. The molecule has 37 heavy (non-hydrogen) atoms. The Morgan fingerprint density at radius 3 is 2.49 bits per heavy atom. The Morgan fingerprint density at radius 2 is 1.73 bits per heavy atom. The quantitative estimate of drug-likeness (QED) is 0.201. The zero-order valence-electron chi connectivity index (χ0n) is 20.6. The number of methoxy groups -OCH3 is 1. The summed E-state index contributed by atoms with van der Waals surface area (Å²) in [6, 6.07) is 16.9. The number of amides is 1. The lowest BCUT2D eigenvalue weighted by Gasteiger charge is -2.08. The fourth-order valence-corrected chi connectivity index (χ4v) is 3.98. The van der Waals surface area contributed by atoms with E-state index in [1.165, 1.54) is 31.4 Å². The van der Waals surface area contributed by atoms with Gasteiger partial charge in [-0.1, -0.05) is 6.07 Å². The molecule has 0 aliphatic carbocycles. The average molecular weight is 498 g/mol. The number of oxazole rings is 1. The number of aryl methyl sites for hydroxylation is 3. The van der Waals surface area contributed by atoms with Crippen LogP contribution in [-0.2, 0) is 0 Å². The molecule has 0 spiro atoms. The highest BCUT2D eigenvalue weighted by Crippen LogP contribution is 2.35. The van der Waals surface area contributed by atoms with Crippen molar-refractivity contribution in [3.8, 4) is 28.5 Å². The zero-order chi connectivity index (χ0) is 26.3. The van der Waals surface area contributed by atoms with E-state index in [2.05, 4.69) is 10.3 Å². The summed E-state index contributed by atoms with van der Waals surface area (Å²) in [6.45, 7) is 5.91. The van der Waals surface area contributed by atoms with Gasteiger partial charge in [0.25, 0.3) is 11.6 Å². The summed E-state index contributed by atoms with van der Waals surface area (Å²) in [5, 5.41) is 14.4. The molecular formula is C28H23N3O6. The van der Waals surface area contributed by atoms with E-state index in [9.17, 15) is 14.9 Å². The Labute approximate surface area is 211 Å². The Morgan fingerprint density at radius 1 is 0.946 bits per heavy atom. The fraction of sp³-hybridized carbons (Fsp3) is 0.143. The topological polar surface area (TPSA) is 121 Å². The second-order valence-electron chi connectivity index (χ2n) is 8.71. The molecule has 9 heteroatoms. The minimum absolute atomic E-state index is 0.0118. The minimum atomic E-state index is -0.524. The van der Waals surface area contributed by atoms with E-state index < -0.39 is 10.8 Å². The van der Waals surface area contributed by atoms with E-state index in [1.54, 1.807) is 12.1 Å². The summed E-state index contributed by atoms with van der Waals surface area (Å²) in [5.74, 6) is 0.508. The summed E-state index contributed by atoms with van der Waals surface area (Å²) < 4.78 is 16.7. The lowest BCUT2D eigenvalue weighted by molar-refractivity contribution is -0.384. The van der Waals surface area contributed by atoms with Crippen LogP contribution in [0.15, 0.2) is 69.5 Å². The third-order valence-electron chi connectivity index (χ3n) is 6.23. The first-order valence-corrected chi connectivity index (χ1v) is 11.5.